The molecule has 0 unspecified atom stereocenters. The van der Waals surface area contributed by atoms with E-state index in [1.807, 2.05) is 12.4 Å². The summed E-state index contributed by atoms with van der Waals surface area (Å²) in [5.41, 5.74) is 0. The summed E-state index contributed by atoms with van der Waals surface area (Å²) in [5.74, 6) is 0. The molecule has 0 N–H and O–H groups in total. The fourth-order valence-corrected chi connectivity index (χ4v) is 1.55. The molecule has 0 saturated carbocycles. The van der Waals surface area contributed by atoms with E-state index in [1.165, 1.54) is 38.5 Å². The number of aliphatic imine (C=N–C) groups is 2. The maximum atomic E-state index is 4.59. The number of hydrogen-bond donors (Lipinski definition) is 0. The molecule has 0 bridgehead atoms. The van der Waals surface area contributed by atoms with Crippen LogP contribution < -0.4 is 0 Å². The fourth-order valence-electron chi connectivity index (χ4n) is 1.25. The van der Waals surface area contributed by atoms with Crippen molar-refractivity contribution in [1.29, 1.82) is 0 Å². The fraction of sp³-hybridized carbons (Fsp3) is 0.714. The summed E-state index contributed by atoms with van der Waals surface area (Å²) in [6.07, 6.45) is 13.0. The zero-order valence-corrected chi connectivity index (χ0v) is 18.5. The molecule has 0 aliphatic rings. The first-order chi connectivity index (χ1) is 9.54. The quantitative estimate of drug-likeness (QED) is 0.200. The summed E-state index contributed by atoms with van der Waals surface area (Å²) in [4.78, 5) is 7.64. The Balaban J connectivity index is -0.000000295. The van der Waals surface area contributed by atoms with Gasteiger partial charge in [-0.2, -0.15) is 0 Å². The smallest absolute Gasteiger partial charge is 0.409 e. The van der Waals surface area contributed by atoms with Gasteiger partial charge in [-0.25, -0.2) is 0 Å². The number of hydrogen-bond acceptors (Lipinski definition) is 4. The Hall–Kier alpha value is 1.22. The molecular formula is C14H24CaN2S4. The Morgan fingerprint density at radius 2 is 1.14 bits per heavy atom. The molecule has 116 valence electrons. The van der Waals surface area contributed by atoms with Crippen LogP contribution in [0.4, 0.5) is 0 Å². The average Bonchev–Trinajstić information content (AvgIpc) is 2.38. The van der Waals surface area contributed by atoms with E-state index in [2.05, 4.69) is 73.5 Å². The van der Waals surface area contributed by atoms with Gasteiger partial charge < -0.3 is 49.7 Å². The first-order valence-corrected chi connectivity index (χ1v) is 8.64. The topological polar surface area (TPSA) is 24.7 Å². The van der Waals surface area contributed by atoms with Crippen molar-refractivity contribution >= 4 is 109 Å². The second-order valence-corrected chi connectivity index (χ2v) is 6.21. The largest absolute Gasteiger partial charge is 2.00 e. The summed E-state index contributed by atoms with van der Waals surface area (Å²) < 4.78 is 0.632. The van der Waals surface area contributed by atoms with E-state index in [9.17, 15) is 0 Å². The molecule has 2 nitrogen and oxygen atoms in total. The van der Waals surface area contributed by atoms with Crippen molar-refractivity contribution in [2.24, 2.45) is 9.98 Å². The number of unbranched alkanes of at least 4 members (excludes halogenated alkanes) is 6. The molecule has 0 aliphatic carbocycles. The molecule has 0 heterocycles. The maximum absolute atomic E-state index is 4.59. The van der Waals surface area contributed by atoms with Gasteiger partial charge in [0, 0.05) is 12.4 Å². The molecule has 21 heavy (non-hydrogen) atoms. The Morgan fingerprint density at radius 3 is 1.38 bits per heavy atom. The molecule has 0 radical (unpaired) electrons. The van der Waals surface area contributed by atoms with Gasteiger partial charge in [0.15, 0.2) is 0 Å². The summed E-state index contributed by atoms with van der Waals surface area (Å²) >= 11 is 18.4. The van der Waals surface area contributed by atoms with Crippen molar-refractivity contribution in [2.45, 2.75) is 65.2 Å². The molecule has 0 spiro atoms. The molecular weight excluding hydrogens is 365 g/mol. The van der Waals surface area contributed by atoms with Crippen molar-refractivity contribution in [3.8, 4) is 0 Å². The van der Waals surface area contributed by atoms with Crippen molar-refractivity contribution in [1.82, 2.24) is 0 Å². The predicted octanol–water partition coefficient (Wildman–Crippen LogP) is 4.56. The Bertz CT molecular complexity index is 277. The van der Waals surface area contributed by atoms with Crippen molar-refractivity contribution < 1.29 is 0 Å². The molecule has 7 heteroatoms. The number of thiocarbonyl (C=S) groups is 2. The third-order valence-electron chi connectivity index (χ3n) is 2.27. The van der Waals surface area contributed by atoms with Crippen LogP contribution in [0.5, 0.6) is 0 Å². The van der Waals surface area contributed by atoms with Gasteiger partial charge in [-0.05, 0) is 34.3 Å². The van der Waals surface area contributed by atoms with Gasteiger partial charge in [0.1, 0.15) is 0 Å². The van der Waals surface area contributed by atoms with E-state index in [4.69, 9.17) is 0 Å². The van der Waals surface area contributed by atoms with E-state index < -0.39 is 0 Å². The van der Waals surface area contributed by atoms with Crippen LogP contribution in [-0.4, -0.2) is 58.8 Å². The molecule has 0 aliphatic heterocycles. The first kappa shape index (κ1) is 27.1. The summed E-state index contributed by atoms with van der Waals surface area (Å²) in [6.45, 7) is 4.35. The standard InChI is InChI=1S/2C7H13NS2.Ca/c2*1-2-3-4-5-6-8-7(9)10;/h2*6H,2-5H2,1H3,(H,9,10);/q;;+2/p-2. The monoisotopic (exact) mass is 388 g/mol. The van der Waals surface area contributed by atoms with Gasteiger partial charge in [0.05, 0.1) is 0 Å². The van der Waals surface area contributed by atoms with Crippen LogP contribution in [0.25, 0.3) is 0 Å². The van der Waals surface area contributed by atoms with E-state index in [-0.39, 0.29) is 37.7 Å². The van der Waals surface area contributed by atoms with Crippen LogP contribution in [0.15, 0.2) is 9.98 Å². The van der Waals surface area contributed by atoms with E-state index in [0.29, 0.717) is 8.64 Å². The van der Waals surface area contributed by atoms with Gasteiger partial charge in [0.2, 0.25) is 0 Å². The van der Waals surface area contributed by atoms with Crippen LogP contribution in [-0.2, 0) is 25.3 Å². The molecule has 0 aromatic rings. The number of rotatable bonds is 8. The van der Waals surface area contributed by atoms with Gasteiger partial charge >= 0.3 is 37.7 Å². The molecule has 0 fully saturated rings. The van der Waals surface area contributed by atoms with Gasteiger partial charge in [-0.15, -0.1) is 0 Å². The van der Waals surface area contributed by atoms with E-state index in [0.717, 1.165) is 12.8 Å². The van der Waals surface area contributed by atoms with E-state index in [1.54, 1.807) is 0 Å². The molecule has 0 aromatic carbocycles. The summed E-state index contributed by atoms with van der Waals surface area (Å²) in [5, 5.41) is 0. The molecule has 0 rings (SSSR count). The van der Waals surface area contributed by atoms with Gasteiger partial charge in [0.25, 0.3) is 0 Å². The SMILES string of the molecule is CCCCCC=NC(=S)[S-].CCCCCC=NC(=S)[S-].[Ca+2]. The Labute approximate surface area is 181 Å². The molecule has 0 atom stereocenters. The van der Waals surface area contributed by atoms with Crippen LogP contribution in [0, 0.1) is 0 Å². The van der Waals surface area contributed by atoms with E-state index >= 15 is 0 Å². The van der Waals surface area contributed by atoms with Gasteiger partial charge in [-0.3, -0.25) is 9.98 Å². The van der Waals surface area contributed by atoms with Crippen molar-refractivity contribution in [3.05, 3.63) is 0 Å². The van der Waals surface area contributed by atoms with Crippen molar-refractivity contribution in [3.63, 3.8) is 0 Å². The zero-order valence-electron chi connectivity index (χ0n) is 13.0. The second-order valence-electron chi connectivity index (χ2n) is 4.15. The predicted molar refractivity (Wildman–Crippen MR) is 111 cm³/mol. The second kappa shape index (κ2) is 23.5. The third-order valence-corrected chi connectivity index (χ3v) is 2.69. The minimum atomic E-state index is 0. The minimum absolute atomic E-state index is 0. The third kappa shape index (κ3) is 33.8. The van der Waals surface area contributed by atoms with Crippen LogP contribution >= 0.6 is 24.4 Å². The molecule has 0 amide bonds. The molecule has 0 aromatic heterocycles. The van der Waals surface area contributed by atoms with Crippen LogP contribution in [0.3, 0.4) is 0 Å². The Kier molecular flexibility index (Phi) is 30.3. The maximum Gasteiger partial charge on any atom is 2.00 e. The summed E-state index contributed by atoms with van der Waals surface area (Å²) in [6, 6.07) is 0. The summed E-state index contributed by atoms with van der Waals surface area (Å²) in [7, 11) is 0. The van der Waals surface area contributed by atoms with Crippen LogP contribution in [0.2, 0.25) is 0 Å². The number of nitrogens with zero attached hydrogens (tertiary/aromatic N) is 2. The zero-order chi connectivity index (χ0) is 15.6. The Morgan fingerprint density at radius 1 is 0.810 bits per heavy atom. The average molecular weight is 389 g/mol. The van der Waals surface area contributed by atoms with Crippen molar-refractivity contribution in [2.75, 3.05) is 0 Å². The van der Waals surface area contributed by atoms with Gasteiger partial charge in [-0.1, -0.05) is 39.5 Å². The normalized spacial score (nSPS) is 10.0. The minimum Gasteiger partial charge on any atom is -0.409 e. The first-order valence-electron chi connectivity index (χ1n) is 7.01. The molecule has 0 saturated heterocycles. The van der Waals surface area contributed by atoms with Crippen LogP contribution in [0.1, 0.15) is 65.2 Å².